The second-order valence-electron chi connectivity index (χ2n) is 3.98. The maximum atomic E-state index is 8.81. The lowest BCUT2D eigenvalue weighted by atomic mass is 9.86. The number of aliphatic hydroxyl groups is 1. The summed E-state index contributed by atoms with van der Waals surface area (Å²) in [6.07, 6.45) is 8.21. The molecule has 0 aromatic rings. The second kappa shape index (κ2) is 2.23. The summed E-state index contributed by atoms with van der Waals surface area (Å²) in [5.41, 5.74) is 0.646. The van der Waals surface area contributed by atoms with E-state index in [0.29, 0.717) is 12.0 Å². The zero-order chi connectivity index (χ0) is 7.03. The van der Waals surface area contributed by atoms with Crippen LogP contribution in [0.3, 0.4) is 0 Å². The molecular weight excluding hydrogens is 124 g/mol. The van der Waals surface area contributed by atoms with Crippen molar-refractivity contribution in [3.05, 3.63) is 0 Å². The van der Waals surface area contributed by atoms with Crippen LogP contribution in [0.5, 0.6) is 0 Å². The van der Waals surface area contributed by atoms with Gasteiger partial charge in [-0.05, 0) is 37.0 Å². The van der Waals surface area contributed by atoms with Gasteiger partial charge in [0.05, 0.1) is 0 Å². The fraction of sp³-hybridized carbons (Fsp3) is 1.00. The van der Waals surface area contributed by atoms with Gasteiger partial charge in [0.25, 0.3) is 0 Å². The fourth-order valence-corrected chi connectivity index (χ4v) is 2.67. The summed E-state index contributed by atoms with van der Waals surface area (Å²) in [6.45, 7) is 0.413. The molecule has 1 N–H and O–H groups in total. The van der Waals surface area contributed by atoms with Crippen LogP contribution in [0.4, 0.5) is 0 Å². The molecule has 0 aliphatic heterocycles. The molecule has 0 aromatic carbocycles. The number of hydrogen-bond donors (Lipinski definition) is 1. The Kier molecular flexibility index (Phi) is 1.48. The van der Waals surface area contributed by atoms with Crippen LogP contribution < -0.4 is 0 Å². The minimum Gasteiger partial charge on any atom is -0.396 e. The van der Waals surface area contributed by atoms with E-state index in [1.54, 1.807) is 0 Å². The van der Waals surface area contributed by atoms with Crippen molar-refractivity contribution < 1.29 is 5.11 Å². The van der Waals surface area contributed by atoms with Crippen molar-refractivity contribution in [2.45, 2.75) is 38.5 Å². The normalized spacial score (nSPS) is 44.7. The van der Waals surface area contributed by atoms with Crippen molar-refractivity contribution in [2.75, 3.05) is 6.61 Å². The Hall–Kier alpha value is -0.0400. The number of aliphatic hydroxyl groups excluding tert-OH is 1. The van der Waals surface area contributed by atoms with Crippen LogP contribution in [0, 0.1) is 11.3 Å². The molecule has 1 nitrogen and oxygen atoms in total. The lowest BCUT2D eigenvalue weighted by molar-refractivity contribution is 0.216. The largest absolute Gasteiger partial charge is 0.396 e. The Bertz CT molecular complexity index is 129. The first-order valence-corrected chi connectivity index (χ1v) is 4.48. The third kappa shape index (κ3) is 0.878. The number of hydrogen-bond acceptors (Lipinski definition) is 1. The van der Waals surface area contributed by atoms with E-state index in [1.807, 2.05) is 0 Å². The molecule has 2 aliphatic carbocycles. The van der Waals surface area contributed by atoms with Crippen molar-refractivity contribution in [1.82, 2.24) is 0 Å². The molecule has 0 bridgehead atoms. The van der Waals surface area contributed by atoms with Gasteiger partial charge in [0.15, 0.2) is 0 Å². The van der Waals surface area contributed by atoms with Crippen molar-refractivity contribution in [2.24, 2.45) is 11.3 Å². The maximum absolute atomic E-state index is 8.81. The lowest BCUT2D eigenvalue weighted by Crippen LogP contribution is -2.10. The van der Waals surface area contributed by atoms with Crippen LogP contribution in [0.1, 0.15) is 38.5 Å². The average Bonchev–Trinajstić information content (AvgIpc) is 2.62. The Balaban J connectivity index is 1.92. The first-order valence-electron chi connectivity index (χ1n) is 4.48. The summed E-state index contributed by atoms with van der Waals surface area (Å²) in [4.78, 5) is 0. The van der Waals surface area contributed by atoms with Gasteiger partial charge in [-0.2, -0.15) is 0 Å². The molecule has 2 atom stereocenters. The highest BCUT2D eigenvalue weighted by Gasteiger charge is 2.53. The third-order valence-corrected chi connectivity index (χ3v) is 3.45. The highest BCUT2D eigenvalue weighted by Crippen LogP contribution is 2.63. The monoisotopic (exact) mass is 140 g/mol. The molecule has 10 heavy (non-hydrogen) atoms. The third-order valence-electron chi connectivity index (χ3n) is 3.45. The molecule has 2 unspecified atom stereocenters. The molecular formula is C9H16O. The van der Waals surface area contributed by atoms with Crippen LogP contribution in [-0.4, -0.2) is 11.7 Å². The van der Waals surface area contributed by atoms with Gasteiger partial charge < -0.3 is 5.11 Å². The molecule has 2 saturated carbocycles. The van der Waals surface area contributed by atoms with Crippen LogP contribution in [0.15, 0.2) is 0 Å². The molecule has 0 saturated heterocycles. The summed E-state index contributed by atoms with van der Waals surface area (Å²) < 4.78 is 0. The van der Waals surface area contributed by atoms with E-state index in [1.165, 1.54) is 32.1 Å². The summed E-state index contributed by atoms with van der Waals surface area (Å²) >= 11 is 0. The van der Waals surface area contributed by atoms with Gasteiger partial charge >= 0.3 is 0 Å². The Morgan fingerprint density at radius 3 is 3.00 bits per heavy atom. The van der Waals surface area contributed by atoms with Crippen LogP contribution in [-0.2, 0) is 0 Å². The van der Waals surface area contributed by atoms with E-state index >= 15 is 0 Å². The minimum atomic E-state index is 0.413. The van der Waals surface area contributed by atoms with Crippen molar-refractivity contribution >= 4 is 0 Å². The smallest absolute Gasteiger partial charge is 0.0436 e. The van der Waals surface area contributed by atoms with Gasteiger partial charge in [-0.15, -0.1) is 0 Å². The molecule has 58 valence electrons. The van der Waals surface area contributed by atoms with E-state index < -0.39 is 0 Å². The number of rotatable bonds is 2. The summed E-state index contributed by atoms with van der Waals surface area (Å²) in [6, 6.07) is 0. The zero-order valence-corrected chi connectivity index (χ0v) is 6.47. The molecule has 2 fully saturated rings. The Morgan fingerprint density at radius 2 is 2.30 bits per heavy atom. The molecule has 1 heteroatoms. The lowest BCUT2D eigenvalue weighted by Gasteiger charge is -2.20. The average molecular weight is 140 g/mol. The number of fused-ring (bicyclic) bond motifs is 1. The first kappa shape index (κ1) is 6.66. The minimum absolute atomic E-state index is 0.413. The Labute approximate surface area is 62.4 Å². The molecule has 2 rings (SSSR count). The van der Waals surface area contributed by atoms with Crippen LogP contribution in [0.2, 0.25) is 0 Å². The molecule has 0 aromatic heterocycles. The van der Waals surface area contributed by atoms with Gasteiger partial charge in [0.2, 0.25) is 0 Å². The topological polar surface area (TPSA) is 20.2 Å². The predicted octanol–water partition coefficient (Wildman–Crippen LogP) is 1.95. The quantitative estimate of drug-likeness (QED) is 0.621. The summed E-state index contributed by atoms with van der Waals surface area (Å²) in [5, 5.41) is 8.81. The van der Waals surface area contributed by atoms with E-state index in [0.717, 1.165) is 12.3 Å². The van der Waals surface area contributed by atoms with Crippen LogP contribution >= 0.6 is 0 Å². The zero-order valence-electron chi connectivity index (χ0n) is 6.47. The highest BCUT2D eigenvalue weighted by molar-refractivity contribution is 5.03. The van der Waals surface area contributed by atoms with E-state index in [9.17, 15) is 0 Å². The maximum Gasteiger partial charge on any atom is 0.0436 e. The van der Waals surface area contributed by atoms with Crippen LogP contribution in [0.25, 0.3) is 0 Å². The van der Waals surface area contributed by atoms with E-state index in [4.69, 9.17) is 5.11 Å². The molecule has 2 aliphatic rings. The Morgan fingerprint density at radius 1 is 1.40 bits per heavy atom. The molecule has 0 heterocycles. The second-order valence-corrected chi connectivity index (χ2v) is 3.98. The summed E-state index contributed by atoms with van der Waals surface area (Å²) in [5.74, 6) is 1.01. The van der Waals surface area contributed by atoms with Crippen molar-refractivity contribution in [3.8, 4) is 0 Å². The fourth-order valence-electron chi connectivity index (χ4n) is 2.67. The molecule has 0 radical (unpaired) electrons. The van der Waals surface area contributed by atoms with Gasteiger partial charge in [0, 0.05) is 6.61 Å². The standard InChI is InChI=1S/C9H16O/c10-6-5-9-4-2-1-3-8(9)7-9/h8,10H,1-7H2. The predicted molar refractivity (Wildman–Crippen MR) is 40.7 cm³/mol. The van der Waals surface area contributed by atoms with Gasteiger partial charge in [0.1, 0.15) is 0 Å². The molecule has 0 amide bonds. The van der Waals surface area contributed by atoms with Gasteiger partial charge in [-0.1, -0.05) is 12.8 Å². The first-order chi connectivity index (χ1) is 4.87. The highest BCUT2D eigenvalue weighted by atomic mass is 16.3. The van der Waals surface area contributed by atoms with Gasteiger partial charge in [-0.25, -0.2) is 0 Å². The summed E-state index contributed by atoms with van der Waals surface area (Å²) in [7, 11) is 0. The van der Waals surface area contributed by atoms with Gasteiger partial charge in [-0.3, -0.25) is 0 Å². The molecule has 0 spiro atoms. The SMILES string of the molecule is OCCC12CCCCC1C2. The van der Waals surface area contributed by atoms with E-state index in [2.05, 4.69) is 0 Å². The van der Waals surface area contributed by atoms with Crippen molar-refractivity contribution in [3.63, 3.8) is 0 Å². The van der Waals surface area contributed by atoms with E-state index in [-0.39, 0.29) is 0 Å². The van der Waals surface area contributed by atoms with Crippen molar-refractivity contribution in [1.29, 1.82) is 0 Å².